The third-order valence-corrected chi connectivity index (χ3v) is 5.24. The average molecular weight is 408 g/mol. The number of aryl methyl sites for hydroxylation is 1. The number of amides is 1. The Bertz CT molecular complexity index is 1100. The number of thiazole rings is 1. The molecular weight excluding hydrogens is 388 g/mol. The first-order valence-electron chi connectivity index (χ1n) is 9.22. The van der Waals surface area contributed by atoms with E-state index < -0.39 is 6.04 Å². The predicted octanol–water partition coefficient (Wildman–Crippen LogP) is 4.89. The molecule has 0 aliphatic carbocycles. The van der Waals surface area contributed by atoms with E-state index in [1.807, 2.05) is 50.4 Å². The van der Waals surface area contributed by atoms with Gasteiger partial charge in [0.1, 0.15) is 6.04 Å². The maximum atomic E-state index is 12.3. The second-order valence-corrected chi connectivity index (χ2v) is 8.02. The molecule has 0 bridgehead atoms. The Kier molecular flexibility index (Phi) is 5.26. The van der Waals surface area contributed by atoms with Gasteiger partial charge in [-0.3, -0.25) is 4.79 Å². The first-order chi connectivity index (χ1) is 14.0. The van der Waals surface area contributed by atoms with E-state index in [0.717, 1.165) is 21.8 Å². The van der Waals surface area contributed by atoms with Crippen LogP contribution < -0.4 is 5.32 Å². The van der Waals surface area contributed by atoms with Crippen LogP contribution in [0.2, 0.25) is 0 Å². The minimum absolute atomic E-state index is 0.0532. The van der Waals surface area contributed by atoms with Crippen molar-refractivity contribution in [2.45, 2.75) is 26.8 Å². The second-order valence-electron chi connectivity index (χ2n) is 6.96. The summed E-state index contributed by atoms with van der Waals surface area (Å²) in [6.45, 7) is 5.93. The van der Waals surface area contributed by atoms with Gasteiger partial charge in [0.25, 0.3) is 5.91 Å². The summed E-state index contributed by atoms with van der Waals surface area (Å²) in [4.78, 5) is 21.4. The van der Waals surface area contributed by atoms with Gasteiger partial charge in [0.05, 0.1) is 17.0 Å². The smallest absolute Gasteiger partial charge is 0.287 e. The summed E-state index contributed by atoms with van der Waals surface area (Å²) in [5.41, 5.74) is 2.82. The number of nitrogens with zero attached hydrogens (tertiary/aromatic N) is 3. The fourth-order valence-electron chi connectivity index (χ4n) is 2.90. The van der Waals surface area contributed by atoms with Crippen LogP contribution >= 0.6 is 11.3 Å². The van der Waals surface area contributed by atoms with E-state index in [4.69, 9.17) is 8.94 Å². The second kappa shape index (κ2) is 8.00. The summed E-state index contributed by atoms with van der Waals surface area (Å²) >= 11 is 1.62. The molecule has 1 aromatic carbocycles. The third-order valence-electron chi connectivity index (χ3n) is 4.46. The lowest BCUT2D eigenvalue weighted by Crippen LogP contribution is -2.31. The third kappa shape index (κ3) is 4.12. The zero-order valence-corrected chi connectivity index (χ0v) is 17.1. The first-order valence-corrected chi connectivity index (χ1v) is 10.1. The van der Waals surface area contributed by atoms with Crippen LogP contribution in [0.1, 0.15) is 41.3 Å². The van der Waals surface area contributed by atoms with Crippen LogP contribution in [-0.2, 0) is 0 Å². The molecule has 7 nitrogen and oxygen atoms in total. The van der Waals surface area contributed by atoms with E-state index in [9.17, 15) is 4.79 Å². The monoisotopic (exact) mass is 408 g/mol. The lowest BCUT2D eigenvalue weighted by molar-refractivity contribution is 0.0885. The highest BCUT2D eigenvalue weighted by Gasteiger charge is 2.26. The van der Waals surface area contributed by atoms with Crippen molar-refractivity contribution < 1.29 is 13.7 Å². The molecule has 0 saturated heterocycles. The number of rotatable bonds is 6. The molecule has 0 spiro atoms. The standard InChI is InChI=1S/C21H20N4O3S/c1-12(2)18(23-20(26)17-5-4-10-27-17)21-24-19(25-28-21)15-8-6-14(7-9-15)16-11-29-13(3)22-16/h4-12,18H,1-3H3,(H,23,26). The van der Waals surface area contributed by atoms with Crippen LogP contribution in [0.4, 0.5) is 0 Å². The molecule has 3 aromatic heterocycles. The van der Waals surface area contributed by atoms with E-state index in [-0.39, 0.29) is 17.6 Å². The SMILES string of the molecule is Cc1nc(-c2ccc(-c3noc(C(NC(=O)c4ccco4)C(C)C)n3)cc2)cs1. The fourth-order valence-corrected chi connectivity index (χ4v) is 3.52. The molecule has 29 heavy (non-hydrogen) atoms. The maximum Gasteiger partial charge on any atom is 0.287 e. The van der Waals surface area contributed by atoms with Crippen molar-refractivity contribution in [1.82, 2.24) is 20.4 Å². The highest BCUT2D eigenvalue weighted by Crippen LogP contribution is 2.27. The van der Waals surface area contributed by atoms with E-state index in [1.54, 1.807) is 23.5 Å². The van der Waals surface area contributed by atoms with Gasteiger partial charge in [0.15, 0.2) is 5.76 Å². The van der Waals surface area contributed by atoms with Gasteiger partial charge < -0.3 is 14.3 Å². The average Bonchev–Trinajstić information content (AvgIpc) is 3.47. The van der Waals surface area contributed by atoms with Crippen LogP contribution in [0.15, 0.2) is 57.0 Å². The fraction of sp³-hybridized carbons (Fsp3) is 0.238. The Morgan fingerprint density at radius 2 is 1.86 bits per heavy atom. The summed E-state index contributed by atoms with van der Waals surface area (Å²) < 4.78 is 10.6. The van der Waals surface area contributed by atoms with E-state index in [1.165, 1.54) is 6.26 Å². The number of furan rings is 1. The van der Waals surface area contributed by atoms with Crippen molar-refractivity contribution in [3.63, 3.8) is 0 Å². The first kappa shape index (κ1) is 19.1. The molecule has 1 atom stereocenters. The van der Waals surface area contributed by atoms with Gasteiger partial charge in [0.2, 0.25) is 11.7 Å². The molecule has 148 valence electrons. The predicted molar refractivity (Wildman–Crippen MR) is 109 cm³/mol. The zero-order chi connectivity index (χ0) is 20.4. The van der Waals surface area contributed by atoms with Gasteiger partial charge in [-0.15, -0.1) is 11.3 Å². The molecule has 0 radical (unpaired) electrons. The molecule has 8 heteroatoms. The number of nitrogens with one attached hydrogen (secondary N) is 1. The Morgan fingerprint density at radius 3 is 2.48 bits per heavy atom. The Hall–Kier alpha value is -3.26. The highest BCUT2D eigenvalue weighted by atomic mass is 32.1. The van der Waals surface area contributed by atoms with E-state index in [2.05, 4.69) is 20.4 Å². The molecule has 1 unspecified atom stereocenters. The van der Waals surface area contributed by atoms with Gasteiger partial charge in [-0.05, 0) is 25.0 Å². The molecule has 1 N–H and O–H groups in total. The summed E-state index contributed by atoms with van der Waals surface area (Å²) in [7, 11) is 0. The van der Waals surface area contributed by atoms with Crippen molar-refractivity contribution in [3.05, 3.63) is 64.7 Å². The van der Waals surface area contributed by atoms with Gasteiger partial charge in [-0.1, -0.05) is 43.3 Å². The van der Waals surface area contributed by atoms with Crippen molar-refractivity contribution >= 4 is 17.2 Å². The Morgan fingerprint density at radius 1 is 1.10 bits per heavy atom. The molecular formula is C21H20N4O3S. The Balaban J connectivity index is 1.53. The number of benzene rings is 1. The van der Waals surface area contributed by atoms with Crippen LogP contribution in [-0.4, -0.2) is 21.0 Å². The maximum absolute atomic E-state index is 12.3. The van der Waals surface area contributed by atoms with Crippen molar-refractivity contribution in [1.29, 1.82) is 0 Å². The van der Waals surface area contributed by atoms with Crippen molar-refractivity contribution in [2.24, 2.45) is 5.92 Å². The largest absolute Gasteiger partial charge is 0.459 e. The molecule has 4 aromatic rings. The van der Waals surface area contributed by atoms with E-state index >= 15 is 0 Å². The van der Waals surface area contributed by atoms with Crippen molar-refractivity contribution in [3.8, 4) is 22.6 Å². The van der Waals surface area contributed by atoms with Crippen LogP contribution in [0, 0.1) is 12.8 Å². The van der Waals surface area contributed by atoms with Gasteiger partial charge in [0, 0.05) is 16.5 Å². The number of carbonyl (C=O) groups is 1. The molecule has 0 aliphatic heterocycles. The summed E-state index contributed by atoms with van der Waals surface area (Å²) in [6, 6.07) is 10.7. The minimum Gasteiger partial charge on any atom is -0.459 e. The summed E-state index contributed by atoms with van der Waals surface area (Å²) in [5, 5.41) is 10.1. The molecule has 0 saturated carbocycles. The molecule has 0 fully saturated rings. The van der Waals surface area contributed by atoms with E-state index in [0.29, 0.717) is 11.7 Å². The zero-order valence-electron chi connectivity index (χ0n) is 16.2. The number of hydrogen-bond acceptors (Lipinski definition) is 7. The lowest BCUT2D eigenvalue weighted by Gasteiger charge is -2.17. The number of aromatic nitrogens is 3. The summed E-state index contributed by atoms with van der Waals surface area (Å²) in [5.74, 6) is 0.796. The topological polar surface area (TPSA) is 94.1 Å². The van der Waals surface area contributed by atoms with Crippen LogP contribution in [0.5, 0.6) is 0 Å². The quantitative estimate of drug-likeness (QED) is 0.488. The molecule has 1 amide bonds. The van der Waals surface area contributed by atoms with Gasteiger partial charge >= 0.3 is 0 Å². The van der Waals surface area contributed by atoms with Gasteiger partial charge in [-0.25, -0.2) is 4.98 Å². The number of carbonyl (C=O) groups excluding carboxylic acids is 1. The number of hydrogen-bond donors (Lipinski definition) is 1. The normalized spacial score (nSPS) is 12.3. The molecule has 0 aliphatic rings. The summed E-state index contributed by atoms with van der Waals surface area (Å²) in [6.07, 6.45) is 1.46. The molecule has 3 heterocycles. The minimum atomic E-state index is -0.425. The lowest BCUT2D eigenvalue weighted by atomic mass is 10.0. The van der Waals surface area contributed by atoms with Crippen molar-refractivity contribution in [2.75, 3.05) is 0 Å². The highest BCUT2D eigenvalue weighted by molar-refractivity contribution is 7.09. The van der Waals surface area contributed by atoms with Crippen LogP contribution in [0.3, 0.4) is 0 Å². The Labute approximate surface area is 171 Å². The van der Waals surface area contributed by atoms with Crippen LogP contribution in [0.25, 0.3) is 22.6 Å². The molecule has 4 rings (SSSR count). The van der Waals surface area contributed by atoms with Gasteiger partial charge in [-0.2, -0.15) is 4.98 Å².